The molecule has 0 radical (unpaired) electrons. The second-order valence-electron chi connectivity index (χ2n) is 6.87. The van der Waals surface area contributed by atoms with E-state index < -0.39 is 0 Å². The quantitative estimate of drug-likeness (QED) is 0.473. The van der Waals surface area contributed by atoms with Crippen LogP contribution in [0.4, 0.5) is 5.69 Å². The molecule has 0 aliphatic rings. The Morgan fingerprint density at radius 2 is 1.63 bits per heavy atom. The highest BCUT2D eigenvalue weighted by Crippen LogP contribution is 2.19. The van der Waals surface area contributed by atoms with Crippen molar-refractivity contribution in [1.29, 1.82) is 0 Å². The van der Waals surface area contributed by atoms with Gasteiger partial charge in [0.15, 0.2) is 5.43 Å². The van der Waals surface area contributed by atoms with E-state index in [0.717, 1.165) is 11.0 Å². The number of rotatable bonds is 4. The molecular weight excluding hydrogens is 378 g/mol. The number of nitrogens with zero attached hydrogens (tertiary/aromatic N) is 4. The van der Waals surface area contributed by atoms with Crippen molar-refractivity contribution in [3.63, 3.8) is 0 Å². The fraction of sp³-hybridized carbons (Fsp3) is 0.0435. The second-order valence-corrected chi connectivity index (χ2v) is 6.87. The standard InChI is InChI=1S/C23H17N5O2/c29-22(26-16-9-10-21(25-13-16)27-12-11-24-15-27)14-28-19-7-3-1-5-17(19)23(30)18-6-2-4-8-20(18)28/h1-13,15H,14H2,(H,26,29). The topological polar surface area (TPSA) is 81.8 Å². The zero-order chi connectivity index (χ0) is 20.5. The van der Waals surface area contributed by atoms with Crippen molar-refractivity contribution >= 4 is 33.4 Å². The molecule has 0 saturated heterocycles. The molecule has 7 heteroatoms. The summed E-state index contributed by atoms with van der Waals surface area (Å²) in [7, 11) is 0. The summed E-state index contributed by atoms with van der Waals surface area (Å²) in [5.41, 5.74) is 2.02. The molecule has 0 unspecified atom stereocenters. The number of aromatic nitrogens is 4. The predicted molar refractivity (Wildman–Crippen MR) is 116 cm³/mol. The van der Waals surface area contributed by atoms with Crippen molar-refractivity contribution < 1.29 is 4.79 Å². The van der Waals surface area contributed by atoms with Crippen LogP contribution in [0.25, 0.3) is 27.6 Å². The van der Waals surface area contributed by atoms with Gasteiger partial charge in [-0.1, -0.05) is 24.3 Å². The predicted octanol–water partition coefficient (Wildman–Crippen LogP) is 3.37. The lowest BCUT2D eigenvalue weighted by Gasteiger charge is -2.15. The summed E-state index contributed by atoms with van der Waals surface area (Å²) >= 11 is 0. The lowest BCUT2D eigenvalue weighted by atomic mass is 10.1. The number of para-hydroxylation sites is 2. The highest BCUT2D eigenvalue weighted by atomic mass is 16.2. The fourth-order valence-electron chi connectivity index (χ4n) is 3.60. The van der Waals surface area contributed by atoms with E-state index in [-0.39, 0.29) is 17.9 Å². The molecule has 3 heterocycles. The molecule has 0 aliphatic heterocycles. The lowest BCUT2D eigenvalue weighted by molar-refractivity contribution is -0.116. The molecule has 5 aromatic rings. The summed E-state index contributed by atoms with van der Waals surface area (Å²) in [6, 6.07) is 18.3. The number of amides is 1. The Bertz CT molecular complexity index is 1360. The van der Waals surface area contributed by atoms with E-state index in [2.05, 4.69) is 15.3 Å². The van der Waals surface area contributed by atoms with Gasteiger partial charge in [0, 0.05) is 23.2 Å². The van der Waals surface area contributed by atoms with Gasteiger partial charge in [0.05, 0.1) is 22.9 Å². The third-order valence-electron chi connectivity index (χ3n) is 4.98. The summed E-state index contributed by atoms with van der Waals surface area (Å²) < 4.78 is 3.65. The van der Waals surface area contributed by atoms with Crippen molar-refractivity contribution in [2.24, 2.45) is 0 Å². The molecule has 0 bridgehead atoms. The van der Waals surface area contributed by atoms with Crippen LogP contribution in [0.3, 0.4) is 0 Å². The highest BCUT2D eigenvalue weighted by Gasteiger charge is 2.13. The Morgan fingerprint density at radius 1 is 0.933 bits per heavy atom. The monoisotopic (exact) mass is 395 g/mol. The number of hydrogen-bond donors (Lipinski definition) is 1. The zero-order valence-corrected chi connectivity index (χ0v) is 15.9. The number of carbonyl (C=O) groups is 1. The van der Waals surface area contributed by atoms with Gasteiger partial charge in [0.2, 0.25) is 5.91 Å². The van der Waals surface area contributed by atoms with Gasteiger partial charge in [0.25, 0.3) is 0 Å². The summed E-state index contributed by atoms with van der Waals surface area (Å²) in [5, 5.41) is 4.07. The average molecular weight is 395 g/mol. The highest BCUT2D eigenvalue weighted by molar-refractivity contribution is 5.97. The number of hydrogen-bond acceptors (Lipinski definition) is 4. The minimum Gasteiger partial charge on any atom is -0.331 e. The van der Waals surface area contributed by atoms with Crippen molar-refractivity contribution in [3.05, 3.63) is 95.8 Å². The lowest BCUT2D eigenvalue weighted by Crippen LogP contribution is -2.21. The van der Waals surface area contributed by atoms with Crippen LogP contribution in [0.5, 0.6) is 0 Å². The van der Waals surface area contributed by atoms with E-state index >= 15 is 0 Å². The van der Waals surface area contributed by atoms with Crippen LogP contribution in [0, 0.1) is 0 Å². The Labute approximate surface area is 171 Å². The third kappa shape index (κ3) is 3.12. The zero-order valence-electron chi connectivity index (χ0n) is 15.9. The van der Waals surface area contributed by atoms with Crippen LogP contribution < -0.4 is 10.7 Å². The SMILES string of the molecule is O=C(Cn1c2ccccc2c(=O)c2ccccc21)Nc1ccc(-n2ccnc2)nc1. The molecule has 0 spiro atoms. The number of nitrogens with one attached hydrogen (secondary N) is 1. The molecule has 2 aromatic carbocycles. The van der Waals surface area contributed by atoms with Crippen LogP contribution in [0.1, 0.15) is 0 Å². The Kier molecular flexibility index (Phi) is 4.33. The van der Waals surface area contributed by atoms with E-state index in [1.165, 1.54) is 0 Å². The first kappa shape index (κ1) is 17.8. The maximum absolute atomic E-state index is 12.8. The van der Waals surface area contributed by atoms with E-state index in [9.17, 15) is 9.59 Å². The van der Waals surface area contributed by atoms with Crippen molar-refractivity contribution in [2.75, 3.05) is 5.32 Å². The first-order chi connectivity index (χ1) is 14.7. The Morgan fingerprint density at radius 3 is 2.23 bits per heavy atom. The summed E-state index contributed by atoms with van der Waals surface area (Å²) in [5.74, 6) is 0.508. The molecule has 0 saturated carbocycles. The largest absolute Gasteiger partial charge is 0.331 e. The summed E-state index contributed by atoms with van der Waals surface area (Å²) in [4.78, 5) is 34.0. The summed E-state index contributed by atoms with van der Waals surface area (Å²) in [6.45, 7) is 0.0740. The molecule has 1 amide bonds. The number of benzene rings is 2. The van der Waals surface area contributed by atoms with Gasteiger partial charge in [-0.2, -0.15) is 0 Å². The number of carbonyl (C=O) groups excluding carboxylic acids is 1. The normalized spacial score (nSPS) is 11.1. The van der Waals surface area contributed by atoms with Crippen LogP contribution in [-0.4, -0.2) is 25.0 Å². The van der Waals surface area contributed by atoms with Gasteiger partial charge in [-0.25, -0.2) is 9.97 Å². The van der Waals surface area contributed by atoms with E-state index in [1.807, 2.05) is 47.0 Å². The number of imidazole rings is 1. The van der Waals surface area contributed by atoms with Gasteiger partial charge in [-0.3, -0.25) is 14.2 Å². The molecule has 7 nitrogen and oxygen atoms in total. The second kappa shape index (κ2) is 7.29. The van der Waals surface area contributed by atoms with Crippen LogP contribution in [-0.2, 0) is 11.3 Å². The van der Waals surface area contributed by atoms with Gasteiger partial charge in [0.1, 0.15) is 18.7 Å². The molecule has 3 aromatic heterocycles. The molecule has 0 aliphatic carbocycles. The number of fused-ring (bicyclic) bond motifs is 2. The molecule has 0 fully saturated rings. The van der Waals surface area contributed by atoms with Gasteiger partial charge in [-0.05, 0) is 36.4 Å². The molecule has 146 valence electrons. The van der Waals surface area contributed by atoms with Gasteiger partial charge in [-0.15, -0.1) is 0 Å². The van der Waals surface area contributed by atoms with Crippen LogP contribution in [0.2, 0.25) is 0 Å². The molecule has 1 N–H and O–H groups in total. The average Bonchev–Trinajstić information content (AvgIpc) is 3.32. The van der Waals surface area contributed by atoms with Crippen LogP contribution >= 0.6 is 0 Å². The first-order valence-electron chi connectivity index (χ1n) is 9.45. The number of pyridine rings is 2. The summed E-state index contributed by atoms with van der Waals surface area (Å²) in [6.07, 6.45) is 6.74. The van der Waals surface area contributed by atoms with Crippen molar-refractivity contribution in [2.45, 2.75) is 6.54 Å². The first-order valence-corrected chi connectivity index (χ1v) is 9.45. The van der Waals surface area contributed by atoms with Gasteiger partial charge < -0.3 is 9.88 Å². The van der Waals surface area contributed by atoms with Crippen LogP contribution in [0.15, 0.2) is 90.4 Å². The number of anilines is 1. The van der Waals surface area contributed by atoms with Gasteiger partial charge >= 0.3 is 0 Å². The van der Waals surface area contributed by atoms with E-state index in [0.29, 0.717) is 22.3 Å². The van der Waals surface area contributed by atoms with E-state index in [4.69, 9.17) is 0 Å². The maximum atomic E-state index is 12.8. The smallest absolute Gasteiger partial charge is 0.244 e. The molecule has 0 atom stereocenters. The molecular formula is C23H17N5O2. The molecule has 5 rings (SSSR count). The Hall–Kier alpha value is -4.26. The molecule has 30 heavy (non-hydrogen) atoms. The fourth-order valence-corrected chi connectivity index (χ4v) is 3.60. The minimum absolute atomic E-state index is 0.0304. The van der Waals surface area contributed by atoms with E-state index in [1.54, 1.807) is 47.7 Å². The van der Waals surface area contributed by atoms with Crippen molar-refractivity contribution in [1.82, 2.24) is 19.1 Å². The Balaban J connectivity index is 1.47. The maximum Gasteiger partial charge on any atom is 0.244 e. The van der Waals surface area contributed by atoms with Crippen molar-refractivity contribution in [3.8, 4) is 5.82 Å². The minimum atomic E-state index is -0.203. The third-order valence-corrected chi connectivity index (χ3v) is 4.98.